The van der Waals surface area contributed by atoms with Crippen molar-refractivity contribution in [1.29, 1.82) is 0 Å². The molecule has 1 unspecified atom stereocenters. The van der Waals surface area contributed by atoms with Crippen LogP contribution in [0.15, 0.2) is 42.7 Å². The minimum atomic E-state index is -0.153. The lowest BCUT2D eigenvalue weighted by Gasteiger charge is -2.06. The number of nitrogens with one attached hydrogen (secondary N) is 1. The van der Waals surface area contributed by atoms with E-state index in [9.17, 15) is 4.79 Å². The van der Waals surface area contributed by atoms with Gasteiger partial charge in [0.2, 0.25) is 0 Å². The van der Waals surface area contributed by atoms with Gasteiger partial charge in [-0.15, -0.1) is 0 Å². The summed E-state index contributed by atoms with van der Waals surface area (Å²) in [4.78, 5) is 15.9. The number of benzene rings is 1. The number of hydrogen-bond acceptors (Lipinski definition) is 3. The topological polar surface area (TPSA) is 51.2 Å². The van der Waals surface area contributed by atoms with Crippen LogP contribution in [0.1, 0.15) is 22.8 Å². The van der Waals surface area contributed by atoms with E-state index >= 15 is 0 Å². The molecule has 0 spiro atoms. The minimum absolute atomic E-state index is 0.153. The number of pyridine rings is 1. The van der Waals surface area contributed by atoms with Crippen molar-refractivity contribution < 1.29 is 9.53 Å². The Bertz CT molecular complexity index is 611. The third-order valence-corrected chi connectivity index (χ3v) is 3.08. The van der Waals surface area contributed by atoms with Gasteiger partial charge in [-0.1, -0.05) is 0 Å². The molecule has 0 fully saturated rings. The van der Waals surface area contributed by atoms with Crippen molar-refractivity contribution in [1.82, 2.24) is 4.98 Å². The predicted octanol–water partition coefficient (Wildman–Crippen LogP) is 2.66. The Morgan fingerprint density at radius 1 is 1.42 bits per heavy atom. The second-order valence-electron chi connectivity index (χ2n) is 4.65. The summed E-state index contributed by atoms with van der Waals surface area (Å²) in [5.41, 5.74) is 2.47. The van der Waals surface area contributed by atoms with Gasteiger partial charge in [0.25, 0.3) is 5.91 Å². The Balaban J connectivity index is 1.78. The minimum Gasteiger partial charge on any atom is -0.490 e. The molecule has 0 saturated heterocycles. The van der Waals surface area contributed by atoms with Gasteiger partial charge in [0.15, 0.2) is 0 Å². The summed E-state index contributed by atoms with van der Waals surface area (Å²) in [6, 6.07) is 9.20. The first-order valence-corrected chi connectivity index (χ1v) is 6.23. The average molecular weight is 254 g/mol. The largest absolute Gasteiger partial charge is 0.490 e. The summed E-state index contributed by atoms with van der Waals surface area (Å²) in [5, 5.41) is 2.87. The molecule has 4 nitrogen and oxygen atoms in total. The molecule has 3 rings (SSSR count). The summed E-state index contributed by atoms with van der Waals surface area (Å²) < 4.78 is 5.63. The highest BCUT2D eigenvalue weighted by molar-refractivity contribution is 6.04. The molecule has 1 N–H and O–H groups in total. The molecule has 1 aliphatic rings. The van der Waals surface area contributed by atoms with Gasteiger partial charge >= 0.3 is 0 Å². The maximum Gasteiger partial charge on any atom is 0.257 e. The molecule has 1 atom stereocenters. The normalized spacial score (nSPS) is 16.6. The molecule has 1 amide bonds. The summed E-state index contributed by atoms with van der Waals surface area (Å²) in [6.45, 7) is 2.04. The highest BCUT2D eigenvalue weighted by atomic mass is 16.5. The van der Waals surface area contributed by atoms with Gasteiger partial charge in [0.05, 0.1) is 5.56 Å². The number of anilines is 1. The van der Waals surface area contributed by atoms with Crippen LogP contribution in [0.3, 0.4) is 0 Å². The predicted molar refractivity (Wildman–Crippen MR) is 72.4 cm³/mol. The van der Waals surface area contributed by atoms with Crippen LogP contribution in [0.4, 0.5) is 5.69 Å². The maximum atomic E-state index is 12.0. The van der Waals surface area contributed by atoms with Crippen molar-refractivity contribution in [3.8, 4) is 5.75 Å². The fourth-order valence-corrected chi connectivity index (χ4v) is 2.20. The molecular weight excluding hydrogens is 240 g/mol. The third-order valence-electron chi connectivity index (χ3n) is 3.08. The molecule has 19 heavy (non-hydrogen) atoms. The van der Waals surface area contributed by atoms with Crippen LogP contribution in [0, 0.1) is 0 Å². The summed E-state index contributed by atoms with van der Waals surface area (Å²) in [7, 11) is 0. The summed E-state index contributed by atoms with van der Waals surface area (Å²) >= 11 is 0. The smallest absolute Gasteiger partial charge is 0.257 e. The van der Waals surface area contributed by atoms with E-state index in [4.69, 9.17) is 4.74 Å². The Hall–Kier alpha value is -2.36. The number of hydrogen-bond donors (Lipinski definition) is 1. The Morgan fingerprint density at radius 3 is 3.11 bits per heavy atom. The van der Waals surface area contributed by atoms with E-state index in [0.717, 1.165) is 23.4 Å². The van der Waals surface area contributed by atoms with Crippen molar-refractivity contribution >= 4 is 11.6 Å². The molecule has 0 radical (unpaired) electrons. The van der Waals surface area contributed by atoms with E-state index in [1.54, 1.807) is 24.5 Å². The van der Waals surface area contributed by atoms with Crippen LogP contribution in [0.5, 0.6) is 5.75 Å². The van der Waals surface area contributed by atoms with E-state index in [0.29, 0.717) is 5.56 Å². The summed E-state index contributed by atoms with van der Waals surface area (Å²) in [6.07, 6.45) is 4.28. The van der Waals surface area contributed by atoms with Gasteiger partial charge < -0.3 is 10.1 Å². The number of fused-ring (bicyclic) bond motifs is 1. The van der Waals surface area contributed by atoms with Crippen molar-refractivity contribution in [2.75, 3.05) is 5.32 Å². The van der Waals surface area contributed by atoms with E-state index < -0.39 is 0 Å². The Morgan fingerprint density at radius 2 is 2.32 bits per heavy atom. The number of nitrogens with zero attached hydrogens (tertiary/aromatic N) is 1. The van der Waals surface area contributed by atoms with Crippen LogP contribution in [0.2, 0.25) is 0 Å². The van der Waals surface area contributed by atoms with Crippen LogP contribution in [0.25, 0.3) is 0 Å². The van der Waals surface area contributed by atoms with E-state index in [1.807, 2.05) is 25.1 Å². The monoisotopic (exact) mass is 254 g/mol. The zero-order valence-electron chi connectivity index (χ0n) is 10.6. The van der Waals surface area contributed by atoms with Gasteiger partial charge in [-0.2, -0.15) is 0 Å². The van der Waals surface area contributed by atoms with Gasteiger partial charge in [-0.25, -0.2) is 0 Å². The quantitative estimate of drug-likeness (QED) is 0.896. The van der Waals surface area contributed by atoms with Crippen molar-refractivity contribution in [2.45, 2.75) is 19.4 Å². The lowest BCUT2D eigenvalue weighted by molar-refractivity contribution is 0.102. The van der Waals surface area contributed by atoms with E-state index in [2.05, 4.69) is 10.3 Å². The average Bonchev–Trinajstić information content (AvgIpc) is 2.79. The molecule has 2 heterocycles. The first kappa shape index (κ1) is 11.7. The molecule has 2 aromatic rings. The first-order valence-electron chi connectivity index (χ1n) is 6.23. The fourth-order valence-electron chi connectivity index (χ4n) is 2.20. The van der Waals surface area contributed by atoms with E-state index in [-0.39, 0.29) is 12.0 Å². The van der Waals surface area contributed by atoms with Gasteiger partial charge in [-0.3, -0.25) is 9.78 Å². The molecule has 96 valence electrons. The van der Waals surface area contributed by atoms with E-state index in [1.165, 1.54) is 0 Å². The number of ether oxygens (including phenoxy) is 1. The summed E-state index contributed by atoms with van der Waals surface area (Å²) in [5.74, 6) is 0.756. The highest BCUT2D eigenvalue weighted by Crippen LogP contribution is 2.31. The van der Waals surface area contributed by atoms with Crippen molar-refractivity contribution in [3.63, 3.8) is 0 Å². The molecular formula is C15H14N2O2. The van der Waals surface area contributed by atoms with Gasteiger partial charge in [0, 0.05) is 24.5 Å². The Kier molecular flexibility index (Phi) is 2.91. The molecule has 0 saturated carbocycles. The molecule has 0 bridgehead atoms. The molecule has 0 aliphatic carbocycles. The van der Waals surface area contributed by atoms with Crippen molar-refractivity contribution in [2.24, 2.45) is 0 Å². The van der Waals surface area contributed by atoms with Crippen LogP contribution < -0.4 is 10.1 Å². The number of rotatable bonds is 2. The number of aromatic nitrogens is 1. The van der Waals surface area contributed by atoms with Gasteiger partial charge in [-0.05, 0) is 42.8 Å². The van der Waals surface area contributed by atoms with Crippen LogP contribution in [-0.4, -0.2) is 17.0 Å². The second-order valence-corrected chi connectivity index (χ2v) is 4.65. The number of carbonyl (C=O) groups excluding carboxylic acids is 1. The van der Waals surface area contributed by atoms with Crippen molar-refractivity contribution in [3.05, 3.63) is 53.9 Å². The molecule has 1 aromatic heterocycles. The zero-order chi connectivity index (χ0) is 13.2. The van der Waals surface area contributed by atoms with Crippen LogP contribution in [-0.2, 0) is 6.42 Å². The molecule has 4 heteroatoms. The molecule has 1 aliphatic heterocycles. The number of carbonyl (C=O) groups is 1. The third kappa shape index (κ3) is 2.42. The standard InChI is InChI=1S/C15H14N2O2/c1-10-7-12-8-13(4-5-14(12)19-10)17-15(18)11-3-2-6-16-9-11/h2-6,8-10H,7H2,1H3,(H,17,18). The molecule has 1 aromatic carbocycles. The fraction of sp³-hybridized carbons (Fsp3) is 0.200. The number of amides is 1. The SMILES string of the molecule is CC1Cc2cc(NC(=O)c3cccnc3)ccc2O1. The zero-order valence-corrected chi connectivity index (χ0v) is 10.6. The Labute approximate surface area is 111 Å². The van der Waals surface area contributed by atoms with Crippen LogP contribution >= 0.6 is 0 Å². The highest BCUT2D eigenvalue weighted by Gasteiger charge is 2.19. The lowest BCUT2D eigenvalue weighted by atomic mass is 10.1. The first-order chi connectivity index (χ1) is 9.22. The maximum absolute atomic E-state index is 12.0. The lowest BCUT2D eigenvalue weighted by Crippen LogP contribution is -2.12. The second kappa shape index (κ2) is 4.72. The van der Waals surface area contributed by atoms with Gasteiger partial charge in [0.1, 0.15) is 11.9 Å².